The first-order valence-electron chi connectivity index (χ1n) is 11.7. The maximum atomic E-state index is 12.9. The van der Waals surface area contributed by atoms with Crippen LogP contribution in [0.5, 0.6) is 0 Å². The fraction of sp³-hybridized carbons (Fsp3) is 0.346. The molecule has 34 heavy (non-hydrogen) atoms. The van der Waals surface area contributed by atoms with Gasteiger partial charge in [0.2, 0.25) is 5.91 Å². The molecular formula is C26H28N4O3S. The molecule has 2 aliphatic heterocycles. The van der Waals surface area contributed by atoms with Crippen molar-refractivity contribution in [2.45, 2.75) is 25.5 Å². The van der Waals surface area contributed by atoms with Crippen LogP contribution in [0.25, 0.3) is 16.6 Å². The highest BCUT2D eigenvalue weighted by molar-refractivity contribution is 7.13. The molecule has 3 aromatic rings. The number of amides is 2. The Labute approximate surface area is 203 Å². The molecule has 1 aromatic carbocycles. The molecule has 0 N–H and O–H groups in total. The molecule has 7 nitrogen and oxygen atoms in total. The molecule has 1 unspecified atom stereocenters. The van der Waals surface area contributed by atoms with Crippen molar-refractivity contribution >= 4 is 29.2 Å². The van der Waals surface area contributed by atoms with Crippen molar-refractivity contribution in [2.24, 2.45) is 0 Å². The molecule has 4 heterocycles. The first-order chi connectivity index (χ1) is 16.7. The van der Waals surface area contributed by atoms with Crippen molar-refractivity contribution in [3.05, 3.63) is 71.2 Å². The second-order valence-electron chi connectivity index (χ2n) is 8.58. The van der Waals surface area contributed by atoms with Crippen LogP contribution in [0.15, 0.2) is 60.1 Å². The van der Waals surface area contributed by atoms with E-state index in [1.807, 2.05) is 57.6 Å². The summed E-state index contributed by atoms with van der Waals surface area (Å²) in [6.07, 6.45) is 6.91. The Morgan fingerprint density at radius 1 is 1.06 bits per heavy atom. The summed E-state index contributed by atoms with van der Waals surface area (Å²) in [5.74, 6) is 0.0173. The van der Waals surface area contributed by atoms with Crippen LogP contribution in [0.4, 0.5) is 0 Å². The topological polar surface area (TPSA) is 67.7 Å². The van der Waals surface area contributed by atoms with Gasteiger partial charge in [-0.15, -0.1) is 11.3 Å². The third-order valence-corrected chi connectivity index (χ3v) is 7.12. The average Bonchev–Trinajstić information content (AvgIpc) is 3.65. The number of aromatic nitrogens is 2. The molecule has 176 valence electrons. The van der Waals surface area contributed by atoms with Gasteiger partial charge in [0.15, 0.2) is 0 Å². The Balaban J connectivity index is 1.25. The zero-order valence-corrected chi connectivity index (χ0v) is 19.8. The molecule has 5 rings (SSSR count). The fourth-order valence-corrected chi connectivity index (χ4v) is 5.14. The standard InChI is InChI=1S/C26H28N4O3S/c31-24(28-12-14-29(15-13-28)26(32)22-8-4-16-33-22)11-10-21-19-30(18-20-6-2-1-3-7-20)27-25(21)23-9-5-17-34-23/h1-3,5-7,9-11,17,19,22H,4,8,12-16,18H2. The van der Waals surface area contributed by atoms with Crippen molar-refractivity contribution in [3.8, 4) is 10.6 Å². The van der Waals surface area contributed by atoms with Gasteiger partial charge >= 0.3 is 0 Å². The van der Waals surface area contributed by atoms with Gasteiger partial charge in [-0.25, -0.2) is 0 Å². The number of piperazine rings is 1. The maximum Gasteiger partial charge on any atom is 0.251 e. The minimum Gasteiger partial charge on any atom is -0.368 e. The summed E-state index contributed by atoms with van der Waals surface area (Å²) < 4.78 is 7.44. The third kappa shape index (κ3) is 5.13. The Morgan fingerprint density at radius 2 is 1.85 bits per heavy atom. The van der Waals surface area contributed by atoms with Gasteiger partial charge in [-0.3, -0.25) is 14.3 Å². The zero-order valence-electron chi connectivity index (χ0n) is 19.0. The van der Waals surface area contributed by atoms with Crippen molar-refractivity contribution in [1.29, 1.82) is 0 Å². The molecule has 2 saturated heterocycles. The van der Waals surface area contributed by atoms with Crippen molar-refractivity contribution in [3.63, 3.8) is 0 Å². The van der Waals surface area contributed by atoms with Gasteiger partial charge in [0.1, 0.15) is 11.8 Å². The molecule has 0 radical (unpaired) electrons. The minimum absolute atomic E-state index is 0.0443. The van der Waals surface area contributed by atoms with Gasteiger partial charge in [0.05, 0.1) is 11.4 Å². The monoisotopic (exact) mass is 476 g/mol. The van der Waals surface area contributed by atoms with Crippen molar-refractivity contribution in [2.75, 3.05) is 32.8 Å². The van der Waals surface area contributed by atoms with Crippen LogP contribution in [0.1, 0.15) is 24.0 Å². The van der Waals surface area contributed by atoms with Gasteiger partial charge in [0, 0.05) is 50.6 Å². The van der Waals surface area contributed by atoms with Crippen LogP contribution in [0.3, 0.4) is 0 Å². The Morgan fingerprint density at radius 3 is 2.56 bits per heavy atom. The maximum absolute atomic E-state index is 12.9. The predicted molar refractivity (Wildman–Crippen MR) is 132 cm³/mol. The number of nitrogens with zero attached hydrogens (tertiary/aromatic N) is 4. The summed E-state index contributed by atoms with van der Waals surface area (Å²) in [6.45, 7) is 3.50. The van der Waals surface area contributed by atoms with E-state index in [2.05, 4.69) is 12.1 Å². The highest BCUT2D eigenvalue weighted by Crippen LogP contribution is 2.28. The number of carbonyl (C=O) groups is 2. The SMILES string of the molecule is O=C(C=Cc1cn(Cc2ccccc2)nc1-c1cccs1)N1CCN(C(=O)C2CCCO2)CC1. The van der Waals surface area contributed by atoms with Crippen LogP contribution in [-0.4, -0.2) is 70.3 Å². The van der Waals surface area contributed by atoms with Gasteiger partial charge in [-0.05, 0) is 35.9 Å². The number of benzene rings is 1. The number of rotatable bonds is 6. The number of thiophene rings is 1. The summed E-state index contributed by atoms with van der Waals surface area (Å²) in [7, 11) is 0. The smallest absolute Gasteiger partial charge is 0.251 e. The number of hydrogen-bond acceptors (Lipinski definition) is 5. The average molecular weight is 477 g/mol. The van der Waals surface area contributed by atoms with E-state index in [0.717, 1.165) is 29.0 Å². The lowest BCUT2D eigenvalue weighted by molar-refractivity contribution is -0.144. The molecule has 2 fully saturated rings. The number of carbonyl (C=O) groups excluding carboxylic acids is 2. The van der Waals surface area contributed by atoms with Crippen LogP contribution in [0.2, 0.25) is 0 Å². The van der Waals surface area contributed by atoms with E-state index in [1.54, 1.807) is 22.3 Å². The first kappa shape index (κ1) is 22.6. The summed E-state index contributed by atoms with van der Waals surface area (Å²) in [4.78, 5) is 30.1. The Kier molecular flexibility index (Phi) is 6.87. The molecule has 2 aliphatic rings. The second kappa shape index (κ2) is 10.4. The van der Waals surface area contributed by atoms with E-state index < -0.39 is 0 Å². The second-order valence-corrected chi connectivity index (χ2v) is 9.53. The lowest BCUT2D eigenvalue weighted by Gasteiger charge is -2.35. The van der Waals surface area contributed by atoms with Gasteiger partial charge in [-0.2, -0.15) is 5.10 Å². The summed E-state index contributed by atoms with van der Waals surface area (Å²) in [5.41, 5.74) is 2.96. The molecule has 0 saturated carbocycles. The lowest BCUT2D eigenvalue weighted by Crippen LogP contribution is -2.52. The van der Waals surface area contributed by atoms with Crippen LogP contribution in [0, 0.1) is 0 Å². The first-order valence-corrected chi connectivity index (χ1v) is 12.6. The van der Waals surface area contributed by atoms with Crippen molar-refractivity contribution < 1.29 is 14.3 Å². The molecular weight excluding hydrogens is 448 g/mol. The predicted octanol–water partition coefficient (Wildman–Crippen LogP) is 3.52. The third-order valence-electron chi connectivity index (χ3n) is 6.25. The largest absolute Gasteiger partial charge is 0.368 e. The quantitative estimate of drug-likeness (QED) is 0.511. The number of ether oxygens (including phenoxy) is 1. The number of hydrogen-bond donors (Lipinski definition) is 0. The Bertz CT molecular complexity index is 1140. The highest BCUT2D eigenvalue weighted by atomic mass is 32.1. The van der Waals surface area contributed by atoms with Crippen molar-refractivity contribution in [1.82, 2.24) is 19.6 Å². The lowest BCUT2D eigenvalue weighted by atomic mass is 10.2. The van der Waals surface area contributed by atoms with Gasteiger partial charge < -0.3 is 14.5 Å². The molecule has 2 amide bonds. The van der Waals surface area contributed by atoms with Crippen LogP contribution >= 0.6 is 11.3 Å². The fourth-order valence-electron chi connectivity index (χ4n) is 4.40. The normalized spacial score (nSPS) is 18.6. The molecule has 0 bridgehead atoms. The molecule has 0 aliphatic carbocycles. The molecule has 1 atom stereocenters. The van der Waals surface area contributed by atoms with E-state index in [0.29, 0.717) is 39.3 Å². The van der Waals surface area contributed by atoms with Crippen LogP contribution in [-0.2, 0) is 20.9 Å². The van der Waals surface area contributed by atoms with Gasteiger partial charge in [-0.1, -0.05) is 36.4 Å². The van der Waals surface area contributed by atoms with Gasteiger partial charge in [0.25, 0.3) is 5.91 Å². The molecule has 0 spiro atoms. The van der Waals surface area contributed by atoms with E-state index in [-0.39, 0.29) is 17.9 Å². The van der Waals surface area contributed by atoms with E-state index >= 15 is 0 Å². The molecule has 8 heteroatoms. The summed E-state index contributed by atoms with van der Waals surface area (Å²) in [6, 6.07) is 14.2. The highest BCUT2D eigenvalue weighted by Gasteiger charge is 2.31. The summed E-state index contributed by atoms with van der Waals surface area (Å²) >= 11 is 1.63. The van der Waals surface area contributed by atoms with E-state index in [9.17, 15) is 9.59 Å². The minimum atomic E-state index is -0.301. The molecule has 2 aromatic heterocycles. The zero-order chi connectivity index (χ0) is 23.3. The summed E-state index contributed by atoms with van der Waals surface area (Å²) in [5, 5.41) is 6.83. The van der Waals surface area contributed by atoms with Crippen LogP contribution < -0.4 is 0 Å². The van der Waals surface area contributed by atoms with E-state index in [4.69, 9.17) is 9.84 Å². The Hall–Kier alpha value is -3.23. The van der Waals surface area contributed by atoms with E-state index in [1.165, 1.54) is 5.56 Å².